The molecular weight excluding hydrogens is 414 g/mol. The Bertz CT molecular complexity index is 946. The molecule has 178 valence electrons. The summed E-state index contributed by atoms with van der Waals surface area (Å²) in [7, 11) is 0. The largest absolute Gasteiger partial charge is 0.484 e. The summed E-state index contributed by atoms with van der Waals surface area (Å²) in [6.07, 6.45) is 0. The monoisotopic (exact) mass is 451 g/mol. The van der Waals surface area contributed by atoms with E-state index in [-0.39, 0.29) is 29.3 Å². The van der Waals surface area contributed by atoms with Crippen LogP contribution >= 0.6 is 0 Å². The van der Waals surface area contributed by atoms with Crippen molar-refractivity contribution < 1.29 is 14.3 Å². The van der Waals surface area contributed by atoms with Crippen molar-refractivity contribution in [3.8, 4) is 5.75 Å². The van der Waals surface area contributed by atoms with Gasteiger partial charge in [0.25, 0.3) is 5.91 Å². The normalized spacial score (nSPS) is 14.7. The second-order valence-electron chi connectivity index (χ2n) is 10.7. The maximum Gasteiger partial charge on any atom is 0.262 e. The molecule has 0 saturated carbocycles. The summed E-state index contributed by atoms with van der Waals surface area (Å²) >= 11 is 0. The number of nitrogens with zero attached hydrogens (tertiary/aromatic N) is 2. The molecule has 0 bridgehead atoms. The fourth-order valence-corrected chi connectivity index (χ4v) is 3.79. The minimum Gasteiger partial charge on any atom is -0.484 e. The molecule has 6 heteroatoms. The lowest BCUT2D eigenvalue weighted by Crippen LogP contribution is -2.51. The van der Waals surface area contributed by atoms with Gasteiger partial charge < -0.3 is 19.9 Å². The summed E-state index contributed by atoms with van der Waals surface area (Å²) in [5.74, 6) is 0.683. The molecule has 1 saturated heterocycles. The van der Waals surface area contributed by atoms with Crippen molar-refractivity contribution in [2.45, 2.75) is 47.0 Å². The lowest BCUT2D eigenvalue weighted by Gasteiger charge is -2.38. The quantitative estimate of drug-likeness (QED) is 0.716. The number of ether oxygens (including phenoxy) is 1. The summed E-state index contributed by atoms with van der Waals surface area (Å²) < 4.78 is 5.63. The van der Waals surface area contributed by atoms with Crippen LogP contribution in [0.1, 0.15) is 47.1 Å². The zero-order valence-electron chi connectivity index (χ0n) is 20.8. The van der Waals surface area contributed by atoms with E-state index in [9.17, 15) is 9.59 Å². The van der Waals surface area contributed by atoms with Crippen LogP contribution < -0.4 is 15.0 Å². The van der Waals surface area contributed by atoms with Crippen molar-refractivity contribution in [1.82, 2.24) is 4.90 Å². The first-order valence-electron chi connectivity index (χ1n) is 11.6. The zero-order chi connectivity index (χ0) is 24.2. The highest BCUT2D eigenvalue weighted by Crippen LogP contribution is 2.25. The van der Waals surface area contributed by atoms with Gasteiger partial charge in [0.2, 0.25) is 5.91 Å². The van der Waals surface area contributed by atoms with Crippen LogP contribution in [0, 0.1) is 5.41 Å². The first-order chi connectivity index (χ1) is 15.4. The van der Waals surface area contributed by atoms with Gasteiger partial charge in [-0.1, -0.05) is 53.7 Å². The summed E-state index contributed by atoms with van der Waals surface area (Å²) in [6.45, 7) is 15.4. The molecule has 1 fully saturated rings. The van der Waals surface area contributed by atoms with E-state index in [1.54, 1.807) is 0 Å². The molecule has 2 aromatic rings. The Balaban J connectivity index is 1.47. The van der Waals surface area contributed by atoms with Crippen LogP contribution in [0.25, 0.3) is 0 Å². The SMILES string of the molecule is CC(C)(C)C(=O)N1CCN(c2ccc(NC(=O)COc3ccc(C(C)(C)C)cc3)cc2)CC1. The molecule has 2 aromatic carbocycles. The number of nitrogens with one attached hydrogen (secondary N) is 1. The van der Waals surface area contributed by atoms with E-state index in [4.69, 9.17) is 4.74 Å². The summed E-state index contributed by atoms with van der Waals surface area (Å²) in [5, 5.41) is 2.88. The van der Waals surface area contributed by atoms with Crippen molar-refractivity contribution in [3.63, 3.8) is 0 Å². The van der Waals surface area contributed by atoms with Gasteiger partial charge in [-0.3, -0.25) is 9.59 Å². The molecule has 3 rings (SSSR count). The molecule has 1 aliphatic rings. The fourth-order valence-electron chi connectivity index (χ4n) is 3.79. The Hall–Kier alpha value is -3.02. The average Bonchev–Trinajstić information content (AvgIpc) is 2.77. The van der Waals surface area contributed by atoms with Gasteiger partial charge in [0.15, 0.2) is 6.61 Å². The number of rotatable bonds is 5. The number of carbonyl (C=O) groups is 2. The fraction of sp³-hybridized carbons (Fsp3) is 0.481. The van der Waals surface area contributed by atoms with Crippen molar-refractivity contribution in [3.05, 3.63) is 54.1 Å². The zero-order valence-corrected chi connectivity index (χ0v) is 20.8. The average molecular weight is 452 g/mol. The third-order valence-corrected chi connectivity index (χ3v) is 5.81. The van der Waals surface area contributed by atoms with E-state index < -0.39 is 0 Å². The molecule has 0 radical (unpaired) electrons. The second-order valence-corrected chi connectivity index (χ2v) is 10.7. The Kier molecular flexibility index (Phi) is 7.35. The second kappa shape index (κ2) is 9.86. The molecule has 0 aromatic heterocycles. The maximum atomic E-state index is 12.5. The Morgan fingerprint density at radius 3 is 1.94 bits per heavy atom. The highest BCUT2D eigenvalue weighted by Gasteiger charge is 2.29. The molecule has 1 heterocycles. The Morgan fingerprint density at radius 2 is 1.42 bits per heavy atom. The van der Waals surface area contributed by atoms with Crippen LogP contribution in [0.4, 0.5) is 11.4 Å². The van der Waals surface area contributed by atoms with Gasteiger partial charge in [-0.05, 0) is 47.4 Å². The van der Waals surface area contributed by atoms with Crippen LogP contribution in [0.3, 0.4) is 0 Å². The van der Waals surface area contributed by atoms with Gasteiger partial charge in [0, 0.05) is 43.0 Å². The first kappa shape index (κ1) is 24.6. The van der Waals surface area contributed by atoms with E-state index in [0.29, 0.717) is 5.75 Å². The van der Waals surface area contributed by atoms with E-state index in [2.05, 4.69) is 31.0 Å². The van der Waals surface area contributed by atoms with Gasteiger partial charge in [0.1, 0.15) is 5.75 Å². The van der Waals surface area contributed by atoms with Gasteiger partial charge in [-0.2, -0.15) is 0 Å². The topological polar surface area (TPSA) is 61.9 Å². The van der Waals surface area contributed by atoms with Crippen LogP contribution in [-0.2, 0) is 15.0 Å². The highest BCUT2D eigenvalue weighted by atomic mass is 16.5. The Morgan fingerprint density at radius 1 is 0.848 bits per heavy atom. The third-order valence-electron chi connectivity index (χ3n) is 5.81. The predicted octanol–water partition coefficient (Wildman–Crippen LogP) is 4.70. The molecule has 1 N–H and O–H groups in total. The lowest BCUT2D eigenvalue weighted by molar-refractivity contribution is -0.139. The van der Waals surface area contributed by atoms with Crippen LogP contribution in [0.5, 0.6) is 5.75 Å². The summed E-state index contributed by atoms with van der Waals surface area (Å²) in [6, 6.07) is 15.7. The molecule has 0 unspecified atom stereocenters. The van der Waals surface area contributed by atoms with Crippen molar-refractivity contribution >= 4 is 23.2 Å². The minimum atomic E-state index is -0.346. The summed E-state index contributed by atoms with van der Waals surface area (Å²) in [5.41, 5.74) is 2.78. The van der Waals surface area contributed by atoms with Crippen molar-refractivity contribution in [2.75, 3.05) is 43.0 Å². The van der Waals surface area contributed by atoms with Crippen LogP contribution in [0.15, 0.2) is 48.5 Å². The molecule has 6 nitrogen and oxygen atoms in total. The standard InChI is InChI=1S/C27H37N3O3/c1-26(2,3)20-7-13-23(14-8-20)33-19-24(31)28-21-9-11-22(12-10-21)29-15-17-30(18-16-29)25(32)27(4,5)6/h7-14H,15-19H2,1-6H3,(H,28,31). The number of amides is 2. The number of piperazine rings is 1. The molecular formula is C27H37N3O3. The van der Waals surface area contributed by atoms with Crippen molar-refractivity contribution in [2.24, 2.45) is 5.41 Å². The molecule has 33 heavy (non-hydrogen) atoms. The van der Waals surface area contributed by atoms with Crippen LogP contribution in [0.2, 0.25) is 0 Å². The number of benzene rings is 2. The molecule has 1 aliphatic heterocycles. The van der Waals surface area contributed by atoms with Gasteiger partial charge in [-0.15, -0.1) is 0 Å². The highest BCUT2D eigenvalue weighted by molar-refractivity contribution is 5.92. The minimum absolute atomic E-state index is 0.0413. The Labute approximate surface area is 197 Å². The third kappa shape index (κ3) is 6.73. The first-order valence-corrected chi connectivity index (χ1v) is 11.6. The smallest absolute Gasteiger partial charge is 0.262 e. The maximum absolute atomic E-state index is 12.5. The molecule has 2 amide bonds. The summed E-state index contributed by atoms with van der Waals surface area (Å²) in [4.78, 5) is 29.0. The number of anilines is 2. The van der Waals surface area contributed by atoms with Gasteiger partial charge >= 0.3 is 0 Å². The molecule has 0 aliphatic carbocycles. The van der Waals surface area contributed by atoms with E-state index in [1.165, 1.54) is 5.56 Å². The van der Waals surface area contributed by atoms with Crippen LogP contribution in [-0.4, -0.2) is 49.5 Å². The number of carbonyl (C=O) groups excluding carboxylic acids is 2. The van der Waals surface area contributed by atoms with Gasteiger partial charge in [0.05, 0.1) is 0 Å². The van der Waals surface area contributed by atoms with Gasteiger partial charge in [-0.25, -0.2) is 0 Å². The lowest BCUT2D eigenvalue weighted by atomic mass is 9.87. The molecule has 0 spiro atoms. The number of hydrogen-bond acceptors (Lipinski definition) is 4. The van der Waals surface area contributed by atoms with Crippen molar-refractivity contribution in [1.29, 1.82) is 0 Å². The van der Waals surface area contributed by atoms with E-state index >= 15 is 0 Å². The van der Waals surface area contributed by atoms with E-state index in [1.807, 2.05) is 74.2 Å². The predicted molar refractivity (Wildman–Crippen MR) is 134 cm³/mol. The number of hydrogen-bond donors (Lipinski definition) is 1. The van der Waals surface area contributed by atoms with E-state index in [0.717, 1.165) is 37.6 Å². The molecule has 0 atom stereocenters.